The molecule has 0 radical (unpaired) electrons. The van der Waals surface area contributed by atoms with E-state index in [-0.39, 0.29) is 13.2 Å². The maximum absolute atomic E-state index is 11.6. The van der Waals surface area contributed by atoms with Gasteiger partial charge >= 0.3 is 11.9 Å². The van der Waals surface area contributed by atoms with Crippen molar-refractivity contribution in [3.63, 3.8) is 0 Å². The van der Waals surface area contributed by atoms with Crippen LogP contribution in [0.4, 0.5) is 0 Å². The Labute approximate surface area is 210 Å². The number of carbonyl (C=O) groups is 2. The van der Waals surface area contributed by atoms with Gasteiger partial charge in [-0.1, -0.05) is 43.8 Å². The van der Waals surface area contributed by atoms with Crippen molar-refractivity contribution >= 4 is 34.3 Å². The lowest BCUT2D eigenvalue weighted by molar-refractivity contribution is -0.144. The van der Waals surface area contributed by atoms with Gasteiger partial charge in [0.1, 0.15) is 36.9 Å². The highest BCUT2D eigenvalue weighted by Gasteiger charge is 2.48. The van der Waals surface area contributed by atoms with Gasteiger partial charge in [-0.05, 0) is 50.5 Å². The number of rotatable bonds is 10. The average Bonchev–Trinajstić information content (AvgIpc) is 3.33. The van der Waals surface area contributed by atoms with Crippen molar-refractivity contribution in [2.24, 2.45) is 5.92 Å². The van der Waals surface area contributed by atoms with Gasteiger partial charge in [-0.2, -0.15) is 0 Å². The van der Waals surface area contributed by atoms with Crippen LogP contribution in [0.1, 0.15) is 56.6 Å². The highest BCUT2D eigenvalue weighted by molar-refractivity contribution is 6.36. The number of halogens is 1. The predicted octanol–water partition coefficient (Wildman–Crippen LogP) is 6.10. The second-order valence-corrected chi connectivity index (χ2v) is 9.73. The van der Waals surface area contributed by atoms with Crippen LogP contribution in [-0.2, 0) is 19.1 Å². The molecule has 0 amide bonds. The molecule has 5 unspecified atom stereocenters. The minimum absolute atomic E-state index is 0.187. The van der Waals surface area contributed by atoms with E-state index in [0.29, 0.717) is 22.8 Å². The van der Waals surface area contributed by atoms with Crippen molar-refractivity contribution in [2.45, 2.75) is 57.7 Å². The smallest absolute Gasteiger partial charge is 0.330 e. The molecule has 2 bridgehead atoms. The predicted molar refractivity (Wildman–Crippen MR) is 135 cm³/mol. The highest BCUT2D eigenvalue weighted by atomic mass is 35.5. The van der Waals surface area contributed by atoms with E-state index in [1.165, 1.54) is 0 Å². The minimum atomic E-state index is -0.489. The number of carbonyl (C=O) groups excluding carboxylic acids is 2. The molecule has 0 heterocycles. The summed E-state index contributed by atoms with van der Waals surface area (Å²) in [6.45, 7) is 13.1. The molecule has 0 N–H and O–H groups in total. The fraction of sp³-hybridized carbons (Fsp3) is 0.429. The third kappa shape index (κ3) is 4.76. The molecule has 35 heavy (non-hydrogen) atoms. The largest absolute Gasteiger partial charge is 0.489 e. The Hall–Kier alpha value is -2.99. The fourth-order valence-electron chi connectivity index (χ4n) is 5.45. The van der Waals surface area contributed by atoms with Gasteiger partial charge in [0.2, 0.25) is 0 Å². The summed E-state index contributed by atoms with van der Waals surface area (Å²) < 4.78 is 23.3. The Kier molecular flexibility index (Phi) is 7.41. The topological polar surface area (TPSA) is 71.1 Å². The molecule has 2 aromatic rings. The summed E-state index contributed by atoms with van der Waals surface area (Å²) >= 11 is 6.73. The van der Waals surface area contributed by atoms with Crippen LogP contribution in [0.5, 0.6) is 11.5 Å². The van der Waals surface area contributed by atoms with Crippen molar-refractivity contribution in [3.05, 3.63) is 59.7 Å². The molecule has 186 valence electrons. The van der Waals surface area contributed by atoms with Crippen LogP contribution in [0.2, 0.25) is 5.02 Å². The van der Waals surface area contributed by atoms with Gasteiger partial charge in [-0.25, -0.2) is 9.59 Å². The van der Waals surface area contributed by atoms with Crippen LogP contribution in [0, 0.1) is 5.92 Å². The van der Waals surface area contributed by atoms with Crippen LogP contribution in [-0.4, -0.2) is 37.4 Å². The molecule has 5 atom stereocenters. The zero-order valence-electron chi connectivity index (χ0n) is 20.3. The standard InChI is InChI=1S/C28H31ClO6/c1-6-22(30)34-15(3)13-32-27-20-9-8-10-21(29)24(20)28(33-14-16(4)35-23(31)7-2)26-19-12-11-18(17(19)5)25(26)27/h6-10,15-19H,1-2,11-14H2,3-5H3. The van der Waals surface area contributed by atoms with E-state index in [9.17, 15) is 9.59 Å². The van der Waals surface area contributed by atoms with Crippen molar-refractivity contribution in [1.29, 1.82) is 0 Å². The first kappa shape index (κ1) is 25.1. The summed E-state index contributed by atoms with van der Waals surface area (Å²) in [5.74, 6) is 1.65. The number of fused-ring (bicyclic) bond motifs is 6. The van der Waals surface area contributed by atoms with E-state index in [1.807, 2.05) is 18.2 Å². The molecule has 2 aliphatic rings. The van der Waals surface area contributed by atoms with Gasteiger partial charge in [0.05, 0.1) is 5.02 Å². The number of ether oxygens (including phenoxy) is 4. The maximum Gasteiger partial charge on any atom is 0.330 e. The first-order chi connectivity index (χ1) is 16.8. The lowest BCUT2D eigenvalue weighted by atomic mass is 9.87. The summed E-state index contributed by atoms with van der Waals surface area (Å²) in [5, 5.41) is 2.19. The average molecular weight is 499 g/mol. The van der Waals surface area contributed by atoms with Crippen molar-refractivity contribution < 1.29 is 28.5 Å². The lowest BCUT2D eigenvalue weighted by Gasteiger charge is -2.26. The molecular formula is C28H31ClO6. The lowest BCUT2D eigenvalue weighted by Crippen LogP contribution is -2.22. The van der Waals surface area contributed by atoms with E-state index < -0.39 is 24.1 Å². The van der Waals surface area contributed by atoms with Crippen molar-refractivity contribution in [2.75, 3.05) is 13.2 Å². The van der Waals surface area contributed by atoms with Crippen LogP contribution in [0.15, 0.2) is 43.5 Å². The number of hydrogen-bond acceptors (Lipinski definition) is 6. The quantitative estimate of drug-likeness (QED) is 0.291. The van der Waals surface area contributed by atoms with E-state index >= 15 is 0 Å². The third-order valence-electron chi connectivity index (χ3n) is 6.96. The van der Waals surface area contributed by atoms with E-state index in [2.05, 4.69) is 20.1 Å². The molecule has 6 nitrogen and oxygen atoms in total. The molecule has 1 fully saturated rings. The summed E-state index contributed by atoms with van der Waals surface area (Å²) in [7, 11) is 0. The second-order valence-electron chi connectivity index (χ2n) is 9.32. The number of hydrogen-bond donors (Lipinski definition) is 0. The molecule has 0 saturated heterocycles. The van der Waals surface area contributed by atoms with Gasteiger partial charge in [0, 0.05) is 34.1 Å². The molecule has 7 heteroatoms. The molecular weight excluding hydrogens is 468 g/mol. The zero-order valence-corrected chi connectivity index (χ0v) is 21.1. The summed E-state index contributed by atoms with van der Waals surface area (Å²) in [6, 6.07) is 5.70. The van der Waals surface area contributed by atoms with E-state index in [1.54, 1.807) is 13.8 Å². The summed E-state index contributed by atoms with van der Waals surface area (Å²) in [5.41, 5.74) is 2.28. The van der Waals surface area contributed by atoms with Gasteiger partial charge in [-0.15, -0.1) is 0 Å². The van der Waals surface area contributed by atoms with Gasteiger partial charge < -0.3 is 18.9 Å². The molecule has 0 aliphatic heterocycles. The monoisotopic (exact) mass is 498 g/mol. The van der Waals surface area contributed by atoms with Gasteiger partial charge in [0.25, 0.3) is 0 Å². The number of esters is 2. The van der Waals surface area contributed by atoms with Gasteiger partial charge in [-0.3, -0.25) is 0 Å². The van der Waals surface area contributed by atoms with Crippen molar-refractivity contribution in [3.8, 4) is 11.5 Å². The highest BCUT2D eigenvalue weighted by Crippen LogP contribution is 2.64. The van der Waals surface area contributed by atoms with Gasteiger partial charge in [0.15, 0.2) is 0 Å². The third-order valence-corrected chi connectivity index (χ3v) is 7.27. The fourth-order valence-corrected chi connectivity index (χ4v) is 5.71. The summed E-state index contributed by atoms with van der Waals surface area (Å²) in [6.07, 6.45) is 3.52. The Morgan fingerprint density at radius 3 is 2.03 bits per heavy atom. The van der Waals surface area contributed by atoms with Crippen LogP contribution in [0.25, 0.3) is 10.8 Å². The molecule has 0 aromatic heterocycles. The minimum Gasteiger partial charge on any atom is -0.489 e. The van der Waals surface area contributed by atoms with Crippen molar-refractivity contribution in [1.82, 2.24) is 0 Å². The maximum atomic E-state index is 11.6. The normalized spacial score (nSPS) is 21.7. The summed E-state index contributed by atoms with van der Waals surface area (Å²) in [4.78, 5) is 23.2. The van der Waals surface area contributed by atoms with E-state index in [4.69, 9.17) is 30.5 Å². The Bertz CT molecular complexity index is 1170. The zero-order chi connectivity index (χ0) is 25.3. The SMILES string of the molecule is C=CC(=O)OC(C)COc1c2c(c(OCC(C)OC(=O)C=C)c3c(Cl)cccc13)C1CCC2C1C. The molecule has 1 saturated carbocycles. The Balaban J connectivity index is 1.76. The van der Waals surface area contributed by atoms with Crippen LogP contribution < -0.4 is 9.47 Å². The number of benzene rings is 2. The molecule has 2 aliphatic carbocycles. The van der Waals surface area contributed by atoms with Crippen LogP contribution in [0.3, 0.4) is 0 Å². The van der Waals surface area contributed by atoms with E-state index in [0.717, 1.165) is 58.4 Å². The van der Waals surface area contributed by atoms with Crippen LogP contribution >= 0.6 is 11.6 Å². The first-order valence-electron chi connectivity index (χ1n) is 12.0. The Morgan fingerprint density at radius 1 is 0.971 bits per heavy atom. The Morgan fingerprint density at radius 2 is 1.49 bits per heavy atom. The second kappa shape index (κ2) is 10.3. The molecule has 2 aromatic carbocycles. The molecule has 0 spiro atoms. The first-order valence-corrected chi connectivity index (χ1v) is 12.3. The molecule has 4 rings (SSSR count).